The molecule has 0 saturated heterocycles. The van der Waals surface area contributed by atoms with Gasteiger partial charge >= 0.3 is 0 Å². The maximum absolute atomic E-state index is 5.73. The van der Waals surface area contributed by atoms with E-state index >= 15 is 0 Å². The smallest absolute Gasteiger partial charge is 0.273 e. The number of nitrogens with zero attached hydrogens (tertiary/aromatic N) is 1. The molecule has 1 rings (SSSR count). The summed E-state index contributed by atoms with van der Waals surface area (Å²) in [4.78, 5) is 3.98. The summed E-state index contributed by atoms with van der Waals surface area (Å²) >= 11 is 5.73. The van der Waals surface area contributed by atoms with Crippen LogP contribution in [-0.4, -0.2) is 10.8 Å². The van der Waals surface area contributed by atoms with E-state index in [4.69, 9.17) is 22.7 Å². The summed E-state index contributed by atoms with van der Waals surface area (Å²) < 4.78 is 0. The van der Waals surface area contributed by atoms with Gasteiger partial charge in [0, 0.05) is 5.69 Å². The number of hydrogen-bond acceptors (Lipinski definition) is 1. The Hall–Kier alpha value is -1.09. The molecule has 0 radical (unpaired) electrons. The van der Waals surface area contributed by atoms with Gasteiger partial charge in [-0.15, -0.1) is 0 Å². The van der Waals surface area contributed by atoms with Crippen LogP contribution in [0.5, 0.6) is 0 Å². The summed E-state index contributed by atoms with van der Waals surface area (Å²) in [5.74, 6) is 0.197. The molecule has 4 heteroatoms. The van der Waals surface area contributed by atoms with Crippen LogP contribution in [0, 0.1) is 6.92 Å². The molecule has 0 spiro atoms. The Kier molecular flexibility index (Phi) is 2.10. The lowest BCUT2D eigenvalue weighted by atomic mass is 10.2. The first kappa shape index (κ1) is 8.01. The summed E-state index contributed by atoms with van der Waals surface area (Å²) in [5.41, 5.74) is 6.78. The van der Waals surface area contributed by atoms with Gasteiger partial charge in [-0.1, -0.05) is 11.6 Å². The van der Waals surface area contributed by atoms with Crippen LogP contribution in [-0.2, 0) is 0 Å². The molecule has 0 aliphatic rings. The number of pyridine rings is 1. The molecular weight excluding hydrogens is 162 g/mol. The van der Waals surface area contributed by atoms with Gasteiger partial charge in [0.05, 0.1) is 0 Å². The standard InChI is InChI=1S/C7H8ClN3/c1-4-2-3-5(7(9)10)6(8)11-4/h2-3H,1H3,(H3,9,10)/p+1. The Bertz CT molecular complexity index is 296. The normalized spacial score (nSPS) is 9.64. The number of halogens is 1. The SMILES string of the molecule is Cc1ccc(C(N)=[NH2+])c(Cl)n1. The van der Waals surface area contributed by atoms with Gasteiger partial charge < -0.3 is 0 Å². The number of amidine groups is 1. The summed E-state index contributed by atoms with van der Waals surface area (Å²) in [7, 11) is 0. The molecule has 4 N–H and O–H groups in total. The number of aryl methyl sites for hydroxylation is 1. The molecule has 0 saturated carbocycles. The highest BCUT2D eigenvalue weighted by molar-refractivity contribution is 6.32. The number of rotatable bonds is 1. The maximum atomic E-state index is 5.73. The van der Waals surface area contributed by atoms with Crippen molar-refractivity contribution < 1.29 is 5.41 Å². The highest BCUT2D eigenvalue weighted by Crippen LogP contribution is 2.11. The van der Waals surface area contributed by atoms with Crippen molar-refractivity contribution in [1.29, 1.82) is 0 Å². The van der Waals surface area contributed by atoms with E-state index in [1.807, 2.05) is 6.92 Å². The molecule has 0 bridgehead atoms. The Balaban J connectivity index is 3.20. The van der Waals surface area contributed by atoms with Crippen molar-refractivity contribution >= 4 is 17.4 Å². The van der Waals surface area contributed by atoms with Crippen LogP contribution < -0.4 is 11.1 Å². The highest BCUT2D eigenvalue weighted by atomic mass is 35.5. The fourth-order valence-corrected chi connectivity index (χ4v) is 1.05. The molecule has 0 aliphatic carbocycles. The van der Waals surface area contributed by atoms with Crippen LogP contribution in [0.1, 0.15) is 11.3 Å². The second kappa shape index (κ2) is 2.88. The second-order valence-corrected chi connectivity index (χ2v) is 2.60. The van der Waals surface area contributed by atoms with Gasteiger partial charge in [-0.25, -0.2) is 4.98 Å². The monoisotopic (exact) mass is 170 g/mol. The minimum atomic E-state index is 0.197. The maximum Gasteiger partial charge on any atom is 0.273 e. The van der Waals surface area contributed by atoms with Crippen molar-refractivity contribution in [3.8, 4) is 0 Å². The predicted molar refractivity (Wildman–Crippen MR) is 44.2 cm³/mol. The summed E-state index contributed by atoms with van der Waals surface area (Å²) in [6.07, 6.45) is 0. The van der Waals surface area contributed by atoms with Gasteiger partial charge in [0.25, 0.3) is 5.84 Å². The van der Waals surface area contributed by atoms with Crippen LogP contribution in [0.3, 0.4) is 0 Å². The van der Waals surface area contributed by atoms with Crippen LogP contribution in [0.25, 0.3) is 0 Å². The molecule has 0 aromatic carbocycles. The summed E-state index contributed by atoms with van der Waals surface area (Å²) in [6, 6.07) is 3.56. The van der Waals surface area contributed by atoms with Gasteiger partial charge in [0.1, 0.15) is 10.7 Å². The van der Waals surface area contributed by atoms with E-state index in [1.165, 1.54) is 0 Å². The predicted octanol–water partition coefficient (Wildman–Crippen LogP) is -0.492. The lowest BCUT2D eigenvalue weighted by Gasteiger charge is -1.97. The lowest BCUT2D eigenvalue weighted by Crippen LogP contribution is -2.46. The highest BCUT2D eigenvalue weighted by Gasteiger charge is 2.07. The third kappa shape index (κ3) is 1.68. The zero-order valence-corrected chi connectivity index (χ0v) is 6.89. The largest absolute Gasteiger partial charge is 0.287 e. The Labute approximate surface area is 69.7 Å². The quantitative estimate of drug-likeness (QED) is 0.339. The molecular formula is C7H9ClN3+. The molecule has 1 heterocycles. The van der Waals surface area contributed by atoms with Crippen molar-refractivity contribution in [3.63, 3.8) is 0 Å². The van der Waals surface area contributed by atoms with E-state index in [-0.39, 0.29) is 5.84 Å². The molecule has 0 aliphatic heterocycles. The van der Waals surface area contributed by atoms with E-state index < -0.39 is 0 Å². The van der Waals surface area contributed by atoms with Crippen molar-refractivity contribution in [3.05, 3.63) is 28.5 Å². The Morgan fingerprint density at radius 1 is 1.64 bits per heavy atom. The van der Waals surface area contributed by atoms with Crippen LogP contribution >= 0.6 is 11.6 Å². The third-order valence-electron chi connectivity index (χ3n) is 1.30. The number of nitrogens with two attached hydrogens (primary N) is 2. The first-order chi connectivity index (χ1) is 5.11. The van der Waals surface area contributed by atoms with Gasteiger partial charge in [-0.05, 0) is 19.1 Å². The molecule has 0 fully saturated rings. The molecule has 0 atom stereocenters. The van der Waals surface area contributed by atoms with Crippen molar-refractivity contribution in [1.82, 2.24) is 4.98 Å². The second-order valence-electron chi connectivity index (χ2n) is 2.25. The van der Waals surface area contributed by atoms with E-state index in [9.17, 15) is 0 Å². The number of aromatic nitrogens is 1. The number of hydrogen-bond donors (Lipinski definition) is 2. The average molecular weight is 171 g/mol. The van der Waals surface area contributed by atoms with E-state index in [0.29, 0.717) is 10.7 Å². The van der Waals surface area contributed by atoms with E-state index in [2.05, 4.69) is 4.98 Å². The zero-order chi connectivity index (χ0) is 8.43. The molecule has 58 valence electrons. The molecule has 11 heavy (non-hydrogen) atoms. The minimum Gasteiger partial charge on any atom is -0.287 e. The molecule has 3 nitrogen and oxygen atoms in total. The van der Waals surface area contributed by atoms with Crippen LogP contribution in [0.2, 0.25) is 5.15 Å². The van der Waals surface area contributed by atoms with Crippen molar-refractivity contribution in [2.75, 3.05) is 0 Å². The van der Waals surface area contributed by atoms with Crippen molar-refractivity contribution in [2.24, 2.45) is 5.73 Å². The third-order valence-corrected chi connectivity index (χ3v) is 1.59. The molecule has 0 unspecified atom stereocenters. The first-order valence-corrected chi connectivity index (χ1v) is 3.50. The zero-order valence-electron chi connectivity index (χ0n) is 6.13. The van der Waals surface area contributed by atoms with E-state index in [0.717, 1.165) is 5.69 Å². The molecule has 1 aromatic rings. The van der Waals surface area contributed by atoms with Crippen molar-refractivity contribution in [2.45, 2.75) is 6.92 Å². The topological polar surface area (TPSA) is 64.5 Å². The van der Waals surface area contributed by atoms with Gasteiger partial charge in [-0.2, -0.15) is 0 Å². The first-order valence-electron chi connectivity index (χ1n) is 3.12. The fraction of sp³-hybridized carbons (Fsp3) is 0.143. The Morgan fingerprint density at radius 2 is 2.27 bits per heavy atom. The average Bonchev–Trinajstić information content (AvgIpc) is 1.85. The minimum absolute atomic E-state index is 0.197. The van der Waals surface area contributed by atoms with Crippen LogP contribution in [0.4, 0.5) is 0 Å². The van der Waals surface area contributed by atoms with E-state index in [1.54, 1.807) is 12.1 Å². The van der Waals surface area contributed by atoms with Gasteiger partial charge in [0.15, 0.2) is 0 Å². The fourth-order valence-electron chi connectivity index (χ4n) is 0.740. The summed E-state index contributed by atoms with van der Waals surface area (Å²) in [6.45, 7) is 1.85. The summed E-state index contributed by atoms with van der Waals surface area (Å²) in [5, 5.41) is 5.69. The Morgan fingerprint density at radius 3 is 2.73 bits per heavy atom. The molecule has 1 aromatic heterocycles. The van der Waals surface area contributed by atoms with Gasteiger partial charge in [0.2, 0.25) is 0 Å². The molecule has 0 amide bonds. The van der Waals surface area contributed by atoms with Gasteiger partial charge in [-0.3, -0.25) is 11.1 Å². The lowest BCUT2D eigenvalue weighted by molar-refractivity contribution is -0.114. The van der Waals surface area contributed by atoms with Crippen LogP contribution in [0.15, 0.2) is 12.1 Å².